The van der Waals surface area contributed by atoms with Gasteiger partial charge in [-0.25, -0.2) is 0 Å². The van der Waals surface area contributed by atoms with Gasteiger partial charge in [-0.2, -0.15) is 0 Å². The van der Waals surface area contributed by atoms with Crippen LogP contribution in [0.15, 0.2) is 102 Å². The van der Waals surface area contributed by atoms with E-state index in [9.17, 15) is 0 Å². The van der Waals surface area contributed by atoms with E-state index in [1.165, 1.54) is 21.9 Å². The van der Waals surface area contributed by atoms with Crippen LogP contribution in [0.2, 0.25) is 0 Å². The van der Waals surface area contributed by atoms with E-state index in [-0.39, 0.29) is 6.04 Å². The molecule has 0 aliphatic carbocycles. The van der Waals surface area contributed by atoms with E-state index in [0.29, 0.717) is 0 Å². The minimum Gasteiger partial charge on any atom is -0.340 e. The normalized spacial score (nSPS) is 15.8. The van der Waals surface area contributed by atoms with E-state index in [1.54, 1.807) is 0 Å². The fourth-order valence-electron chi connectivity index (χ4n) is 3.67. The van der Waals surface area contributed by atoms with Gasteiger partial charge in [-0.1, -0.05) is 91.0 Å². The Morgan fingerprint density at radius 2 is 1.35 bits per heavy atom. The molecule has 0 unspecified atom stereocenters. The summed E-state index contributed by atoms with van der Waals surface area (Å²) >= 11 is 0. The number of benzene rings is 4. The van der Waals surface area contributed by atoms with E-state index in [4.69, 9.17) is 4.99 Å². The van der Waals surface area contributed by atoms with Crippen molar-refractivity contribution >= 4 is 22.3 Å². The second-order valence-electron chi connectivity index (χ2n) is 6.53. The van der Waals surface area contributed by atoms with E-state index in [1.807, 2.05) is 18.2 Å². The molecule has 5 rings (SSSR count). The molecule has 1 atom stereocenters. The Bertz CT molecular complexity index is 1100. The van der Waals surface area contributed by atoms with Gasteiger partial charge in [0.15, 0.2) is 0 Å². The topological polar surface area (TPSA) is 24.4 Å². The van der Waals surface area contributed by atoms with Crippen molar-refractivity contribution < 1.29 is 0 Å². The van der Waals surface area contributed by atoms with Gasteiger partial charge < -0.3 is 5.32 Å². The summed E-state index contributed by atoms with van der Waals surface area (Å²) in [6.07, 6.45) is 0. The summed E-state index contributed by atoms with van der Waals surface area (Å²) in [6, 6.07) is 33.7. The molecular formula is C24H18N2. The molecule has 0 radical (unpaired) electrons. The molecule has 1 aliphatic rings. The number of anilines is 1. The van der Waals surface area contributed by atoms with Gasteiger partial charge in [0, 0.05) is 16.8 Å². The highest BCUT2D eigenvalue weighted by Gasteiger charge is 2.25. The summed E-state index contributed by atoms with van der Waals surface area (Å²) in [7, 11) is 0. The van der Waals surface area contributed by atoms with Crippen molar-refractivity contribution in [2.45, 2.75) is 6.04 Å². The number of rotatable bonds is 2. The number of aliphatic imine (C=N–C) groups is 1. The lowest BCUT2D eigenvalue weighted by Crippen LogP contribution is -2.22. The van der Waals surface area contributed by atoms with E-state index < -0.39 is 0 Å². The van der Waals surface area contributed by atoms with Gasteiger partial charge >= 0.3 is 0 Å². The van der Waals surface area contributed by atoms with Gasteiger partial charge in [-0.3, -0.25) is 4.99 Å². The van der Waals surface area contributed by atoms with Crippen LogP contribution in [-0.4, -0.2) is 5.84 Å². The maximum absolute atomic E-state index is 5.12. The first kappa shape index (κ1) is 14.9. The molecule has 4 aromatic carbocycles. The quantitative estimate of drug-likeness (QED) is 0.492. The Labute approximate surface area is 152 Å². The summed E-state index contributed by atoms with van der Waals surface area (Å²) in [6.45, 7) is 0. The SMILES string of the molecule is c1ccc(C2=N[C@H](c3ccccc3)c3c(ccc4ccccc34)N2)cc1. The molecular weight excluding hydrogens is 316 g/mol. The number of nitrogens with one attached hydrogen (secondary N) is 1. The Kier molecular flexibility index (Phi) is 3.53. The summed E-state index contributed by atoms with van der Waals surface area (Å²) in [5, 5.41) is 6.05. The molecule has 4 aromatic rings. The third-order valence-corrected chi connectivity index (χ3v) is 4.92. The van der Waals surface area contributed by atoms with Crippen molar-refractivity contribution in [1.82, 2.24) is 0 Å². The second kappa shape index (κ2) is 6.16. The smallest absolute Gasteiger partial charge is 0.133 e. The van der Waals surface area contributed by atoms with Gasteiger partial charge in [0.05, 0.1) is 0 Å². The maximum Gasteiger partial charge on any atom is 0.133 e. The van der Waals surface area contributed by atoms with Crippen LogP contribution >= 0.6 is 0 Å². The van der Waals surface area contributed by atoms with Gasteiger partial charge in [0.1, 0.15) is 11.9 Å². The number of amidine groups is 1. The first-order valence-electron chi connectivity index (χ1n) is 8.87. The molecule has 0 amide bonds. The predicted molar refractivity (Wildman–Crippen MR) is 109 cm³/mol. The Morgan fingerprint density at radius 3 is 2.15 bits per heavy atom. The lowest BCUT2D eigenvalue weighted by molar-refractivity contribution is 0.872. The fraction of sp³-hybridized carbons (Fsp3) is 0.0417. The van der Waals surface area contributed by atoms with Crippen LogP contribution in [0, 0.1) is 0 Å². The number of nitrogens with zero attached hydrogens (tertiary/aromatic N) is 1. The molecule has 1 aliphatic heterocycles. The average molecular weight is 334 g/mol. The Hall–Kier alpha value is -3.39. The molecule has 2 heteroatoms. The molecule has 0 saturated carbocycles. The van der Waals surface area contributed by atoms with Crippen molar-refractivity contribution in [3.8, 4) is 0 Å². The van der Waals surface area contributed by atoms with Crippen molar-refractivity contribution in [3.63, 3.8) is 0 Å². The molecule has 0 saturated heterocycles. The second-order valence-corrected chi connectivity index (χ2v) is 6.53. The zero-order valence-corrected chi connectivity index (χ0v) is 14.3. The largest absolute Gasteiger partial charge is 0.340 e. The van der Waals surface area contributed by atoms with Crippen LogP contribution in [0.4, 0.5) is 5.69 Å². The highest BCUT2D eigenvalue weighted by atomic mass is 15.0. The monoisotopic (exact) mass is 334 g/mol. The van der Waals surface area contributed by atoms with Crippen LogP contribution in [0.5, 0.6) is 0 Å². The molecule has 0 bridgehead atoms. The molecule has 124 valence electrons. The van der Waals surface area contributed by atoms with Gasteiger partial charge in [0.2, 0.25) is 0 Å². The number of hydrogen-bond acceptors (Lipinski definition) is 2. The molecule has 26 heavy (non-hydrogen) atoms. The maximum atomic E-state index is 5.12. The lowest BCUT2D eigenvalue weighted by atomic mass is 9.91. The highest BCUT2D eigenvalue weighted by Crippen LogP contribution is 2.40. The molecule has 0 aromatic heterocycles. The summed E-state index contributed by atoms with van der Waals surface area (Å²) in [5.41, 5.74) is 4.69. The van der Waals surface area contributed by atoms with E-state index >= 15 is 0 Å². The Morgan fingerprint density at radius 1 is 0.654 bits per heavy atom. The van der Waals surface area contributed by atoms with Crippen LogP contribution in [0.3, 0.4) is 0 Å². The Balaban J connectivity index is 1.76. The third-order valence-electron chi connectivity index (χ3n) is 4.92. The summed E-state index contributed by atoms with van der Waals surface area (Å²) < 4.78 is 0. The average Bonchev–Trinajstić information content (AvgIpc) is 2.74. The molecule has 1 heterocycles. The van der Waals surface area contributed by atoms with Gasteiger partial charge in [-0.05, 0) is 22.4 Å². The molecule has 0 spiro atoms. The summed E-state index contributed by atoms with van der Waals surface area (Å²) in [5.74, 6) is 0.919. The van der Waals surface area contributed by atoms with Crippen molar-refractivity contribution in [1.29, 1.82) is 0 Å². The first-order valence-corrected chi connectivity index (χ1v) is 8.87. The van der Waals surface area contributed by atoms with E-state index in [2.05, 4.69) is 84.2 Å². The first-order chi connectivity index (χ1) is 12.9. The predicted octanol–water partition coefficient (Wildman–Crippen LogP) is 5.80. The molecule has 1 N–H and O–H groups in total. The number of fused-ring (bicyclic) bond motifs is 3. The number of hydrogen-bond donors (Lipinski definition) is 1. The van der Waals surface area contributed by atoms with Crippen LogP contribution in [0.25, 0.3) is 10.8 Å². The van der Waals surface area contributed by atoms with Gasteiger partial charge in [-0.15, -0.1) is 0 Å². The summed E-state index contributed by atoms with van der Waals surface area (Å²) in [4.78, 5) is 5.12. The fourth-order valence-corrected chi connectivity index (χ4v) is 3.67. The zero-order chi connectivity index (χ0) is 17.3. The van der Waals surface area contributed by atoms with Crippen LogP contribution in [0.1, 0.15) is 22.7 Å². The molecule has 2 nitrogen and oxygen atoms in total. The third kappa shape index (κ3) is 2.47. The minimum atomic E-state index is -0.0197. The highest BCUT2D eigenvalue weighted by molar-refractivity contribution is 6.11. The van der Waals surface area contributed by atoms with Crippen molar-refractivity contribution in [3.05, 3.63) is 114 Å². The zero-order valence-electron chi connectivity index (χ0n) is 14.3. The van der Waals surface area contributed by atoms with Crippen molar-refractivity contribution in [2.24, 2.45) is 4.99 Å². The van der Waals surface area contributed by atoms with Crippen molar-refractivity contribution in [2.75, 3.05) is 5.32 Å². The van der Waals surface area contributed by atoms with Crippen LogP contribution < -0.4 is 5.32 Å². The molecule has 0 fully saturated rings. The van der Waals surface area contributed by atoms with Gasteiger partial charge in [0.25, 0.3) is 0 Å². The van der Waals surface area contributed by atoms with E-state index in [0.717, 1.165) is 17.1 Å². The minimum absolute atomic E-state index is 0.0197. The lowest BCUT2D eigenvalue weighted by Gasteiger charge is -2.27. The van der Waals surface area contributed by atoms with Crippen LogP contribution in [-0.2, 0) is 0 Å². The standard InChI is InChI=1S/C24H18N2/c1-3-10-18(11-4-1)23-22-20-14-8-7-9-17(20)15-16-21(22)25-24(26-23)19-12-5-2-6-13-19/h1-16,23H,(H,25,26)/t23-/m1/s1.